The first-order valence-corrected chi connectivity index (χ1v) is 28.5. The fourth-order valence-corrected chi connectivity index (χ4v) is 11.5. The summed E-state index contributed by atoms with van der Waals surface area (Å²) in [5, 5.41) is 7.46. The molecule has 4 atom stereocenters. The van der Waals surface area contributed by atoms with Gasteiger partial charge in [-0.1, -0.05) is 46.4 Å². The van der Waals surface area contributed by atoms with Crippen molar-refractivity contribution >= 4 is 78.3 Å². The third-order valence-corrected chi connectivity index (χ3v) is 16.1. The maximum absolute atomic E-state index is 12.9. The summed E-state index contributed by atoms with van der Waals surface area (Å²) in [6.07, 6.45) is 0.698. The van der Waals surface area contributed by atoms with Crippen LogP contribution >= 0.6 is 46.4 Å². The largest absolute Gasteiger partial charge is 0.484 e. The predicted molar refractivity (Wildman–Crippen MR) is 285 cm³/mol. The van der Waals surface area contributed by atoms with Crippen molar-refractivity contribution < 1.29 is 59.6 Å². The van der Waals surface area contributed by atoms with E-state index in [0.717, 1.165) is 22.3 Å². The number of fused-ring (bicyclic) bond motifs is 2. The number of hydrogen-bond acceptors (Lipinski definition) is 15. The minimum Gasteiger partial charge on any atom is -0.484 e. The van der Waals surface area contributed by atoms with Crippen LogP contribution in [0.3, 0.4) is 0 Å². The van der Waals surface area contributed by atoms with Crippen molar-refractivity contribution in [3.8, 4) is 11.5 Å². The number of hydrogen-bond donors (Lipinski definition) is 4. The van der Waals surface area contributed by atoms with Crippen molar-refractivity contribution in [3.05, 3.63) is 115 Å². The zero-order valence-corrected chi connectivity index (χ0v) is 46.7. The Bertz CT molecular complexity index is 2560. The Morgan fingerprint density at radius 1 is 0.507 bits per heavy atom. The minimum absolute atomic E-state index is 0.0117. The first-order chi connectivity index (χ1) is 35.8. The van der Waals surface area contributed by atoms with Crippen molar-refractivity contribution in [1.82, 2.24) is 29.9 Å². The second kappa shape index (κ2) is 29.2. The lowest BCUT2D eigenvalue weighted by molar-refractivity contribution is -0.131. The zero-order valence-electron chi connectivity index (χ0n) is 42.1. The summed E-state index contributed by atoms with van der Waals surface area (Å²) in [6, 6.07) is 19.6. The van der Waals surface area contributed by atoms with Crippen LogP contribution in [-0.4, -0.2) is 171 Å². The molecule has 0 saturated heterocycles. The second-order valence-electron chi connectivity index (χ2n) is 17.8. The Kier molecular flexibility index (Phi) is 23.5. The van der Waals surface area contributed by atoms with E-state index in [1.807, 2.05) is 40.3 Å². The van der Waals surface area contributed by atoms with Gasteiger partial charge in [0.05, 0.1) is 74.7 Å². The van der Waals surface area contributed by atoms with E-state index in [4.69, 9.17) is 79.6 Å². The maximum Gasteiger partial charge on any atom is 0.246 e. The summed E-state index contributed by atoms with van der Waals surface area (Å²) in [4.78, 5) is 28.4. The van der Waals surface area contributed by atoms with Gasteiger partial charge in [-0.2, -0.15) is 0 Å². The molecule has 0 aromatic heterocycles. The summed E-state index contributed by atoms with van der Waals surface area (Å²) in [5.41, 5.74) is 3.78. The number of carbonyl (C=O) groups excluding carboxylic acids is 2. The fraction of sp³-hybridized carbons (Fsp3) is 0.480. The van der Waals surface area contributed by atoms with Gasteiger partial charge < -0.3 is 53.6 Å². The quantitative estimate of drug-likeness (QED) is 0.0468. The number of carbonyl (C=O) groups is 2. The van der Waals surface area contributed by atoms with Crippen molar-refractivity contribution in [2.75, 3.05) is 120 Å². The molecule has 0 bridgehead atoms. The Labute approximate surface area is 459 Å². The number of likely N-dealkylation sites (N-methyl/N-ethyl adjacent to an activating group) is 2. The third kappa shape index (κ3) is 18.1. The molecule has 2 aliphatic carbocycles. The molecule has 2 aliphatic rings. The molecule has 4 N–H and O–H groups in total. The molecule has 4 aromatic carbocycles. The lowest BCUT2D eigenvalue weighted by atomic mass is 10.1. The van der Waals surface area contributed by atoms with Crippen LogP contribution in [0.5, 0.6) is 11.5 Å². The lowest BCUT2D eigenvalue weighted by Gasteiger charge is -2.27. The van der Waals surface area contributed by atoms with Crippen molar-refractivity contribution in [2.45, 2.75) is 46.9 Å². The Hall–Kier alpha value is -3.88. The highest BCUT2D eigenvalue weighted by atomic mass is 35.5. The van der Waals surface area contributed by atoms with Crippen LogP contribution in [0.1, 0.15) is 34.5 Å². The molecule has 412 valence electrons. The number of benzene rings is 4. The molecule has 2 amide bonds. The standard InChI is InChI=1S/C50H64Cl4N6O13S2/c1-59(2)45-29-39-41(25-33(51)27-43(39)53)49(45)72-35-5-9-37(10-6-35)74(63,64)57-15-19-69-23-21-67-17-13-55-47(61)31-71-32-48(62)56-14-18-68-22-24-70-20-16-58-75(65,66)38-11-7-36(8-12-38)73-50-42-26-34(52)28-44(54)40(42)30-46(50)60(3)4/h5-12,25-28,45-46,49-50,57-58H,13-24,29-32H2,1-4H3,(H,55,61)(H,56,62)/t45-,46?,49-,50-/m0/s1. The van der Waals surface area contributed by atoms with Crippen LogP contribution in [0, 0.1) is 0 Å². The van der Waals surface area contributed by atoms with Crippen LogP contribution < -0.4 is 29.6 Å². The molecular formula is C50H64Cl4N6O13S2. The van der Waals surface area contributed by atoms with E-state index in [0.29, 0.717) is 44.4 Å². The smallest absolute Gasteiger partial charge is 0.246 e. The summed E-state index contributed by atoms with van der Waals surface area (Å²) in [6.45, 7) is 1.32. The van der Waals surface area contributed by atoms with Crippen molar-refractivity contribution in [2.24, 2.45) is 0 Å². The maximum atomic E-state index is 12.9. The molecular weight excluding hydrogens is 1100 g/mol. The minimum atomic E-state index is -3.80. The molecule has 0 fully saturated rings. The van der Waals surface area contributed by atoms with E-state index in [9.17, 15) is 26.4 Å². The van der Waals surface area contributed by atoms with Crippen LogP contribution in [-0.2, 0) is 66.2 Å². The Morgan fingerprint density at radius 2 is 0.853 bits per heavy atom. The zero-order chi connectivity index (χ0) is 54.1. The highest BCUT2D eigenvalue weighted by Crippen LogP contribution is 2.43. The van der Waals surface area contributed by atoms with E-state index in [2.05, 4.69) is 29.9 Å². The molecule has 0 heterocycles. The van der Waals surface area contributed by atoms with Gasteiger partial charge in [-0.25, -0.2) is 26.3 Å². The average Bonchev–Trinajstić information content (AvgIpc) is 3.92. The summed E-state index contributed by atoms with van der Waals surface area (Å²) >= 11 is 25.5. The number of rotatable bonds is 32. The molecule has 0 aliphatic heterocycles. The normalized spacial score (nSPS) is 17.3. The van der Waals surface area contributed by atoms with Crippen molar-refractivity contribution in [1.29, 1.82) is 0 Å². The van der Waals surface area contributed by atoms with E-state index in [-0.39, 0.29) is 126 Å². The number of nitrogens with zero attached hydrogens (tertiary/aromatic N) is 2. The molecule has 0 spiro atoms. The summed E-state index contributed by atoms with van der Waals surface area (Å²) in [5.74, 6) is 0.156. The van der Waals surface area contributed by atoms with E-state index >= 15 is 0 Å². The van der Waals surface area contributed by atoms with Gasteiger partial charge in [0, 0.05) is 57.4 Å². The molecule has 25 heteroatoms. The van der Waals surface area contributed by atoms with Crippen LogP contribution in [0.25, 0.3) is 0 Å². The van der Waals surface area contributed by atoms with Gasteiger partial charge in [-0.05, 0) is 125 Å². The van der Waals surface area contributed by atoms with E-state index < -0.39 is 31.9 Å². The summed E-state index contributed by atoms with van der Waals surface area (Å²) < 4.78 is 96.3. The van der Waals surface area contributed by atoms with Gasteiger partial charge in [0.1, 0.15) is 36.9 Å². The Morgan fingerprint density at radius 3 is 1.20 bits per heavy atom. The SMILES string of the molecule is CN(C)C1Cc2c(Cl)cc(Cl)cc2[C@@H]1Oc1ccc(S(=O)(=O)NCCOCCOCCNC(=O)COCC(=O)NCCOCCOCCNS(=O)(=O)c2ccc(O[C@H]3c4cc(Cl)cc(Cl)c4C[C@@H]3N(C)C)cc2)cc1. The van der Waals surface area contributed by atoms with E-state index in [1.165, 1.54) is 24.3 Å². The fourth-order valence-electron chi connectivity index (χ4n) is 8.28. The topological polar surface area (TPSA) is 222 Å². The number of sulfonamides is 2. The number of halogens is 4. The highest BCUT2D eigenvalue weighted by Gasteiger charge is 2.39. The van der Waals surface area contributed by atoms with Crippen molar-refractivity contribution in [3.63, 3.8) is 0 Å². The van der Waals surface area contributed by atoms with Crippen LogP contribution in [0.15, 0.2) is 82.6 Å². The lowest BCUT2D eigenvalue weighted by Crippen LogP contribution is -2.34. The first kappa shape index (κ1) is 60.4. The molecule has 0 saturated carbocycles. The molecule has 75 heavy (non-hydrogen) atoms. The molecule has 19 nitrogen and oxygen atoms in total. The summed E-state index contributed by atoms with van der Waals surface area (Å²) in [7, 11) is 0.254. The highest BCUT2D eigenvalue weighted by molar-refractivity contribution is 7.89. The molecule has 6 rings (SSSR count). The Balaban J connectivity index is 0.717. The molecule has 1 unspecified atom stereocenters. The first-order valence-electron chi connectivity index (χ1n) is 24.1. The molecule has 4 aromatic rings. The third-order valence-electron chi connectivity index (χ3n) is 12.1. The van der Waals surface area contributed by atoms with Crippen LogP contribution in [0.4, 0.5) is 0 Å². The van der Waals surface area contributed by atoms with Gasteiger partial charge in [0.2, 0.25) is 31.9 Å². The van der Waals surface area contributed by atoms with Gasteiger partial charge in [0.25, 0.3) is 0 Å². The van der Waals surface area contributed by atoms with E-state index in [1.54, 1.807) is 36.4 Å². The number of ether oxygens (including phenoxy) is 7. The van der Waals surface area contributed by atoms with Gasteiger partial charge >= 0.3 is 0 Å². The van der Waals surface area contributed by atoms with Gasteiger partial charge in [-0.3, -0.25) is 9.59 Å². The monoisotopic (exact) mass is 1160 g/mol. The number of amides is 2. The van der Waals surface area contributed by atoms with Gasteiger partial charge in [-0.15, -0.1) is 0 Å². The van der Waals surface area contributed by atoms with Gasteiger partial charge in [0.15, 0.2) is 0 Å². The second-order valence-corrected chi connectivity index (χ2v) is 23.1. The number of nitrogens with one attached hydrogen (secondary N) is 4. The average molecular weight is 1160 g/mol. The molecule has 0 radical (unpaired) electrons. The van der Waals surface area contributed by atoms with Crippen LogP contribution in [0.2, 0.25) is 20.1 Å². The predicted octanol–water partition coefficient (Wildman–Crippen LogP) is 5.09.